The molecule has 0 radical (unpaired) electrons. The Labute approximate surface area is 189 Å². The average Bonchev–Trinajstić information content (AvgIpc) is 2.81. The van der Waals surface area contributed by atoms with Crippen LogP contribution in [0.2, 0.25) is 5.02 Å². The number of carbonyl (C=O) groups is 1. The molecule has 0 aliphatic carbocycles. The molecule has 1 saturated heterocycles. The summed E-state index contributed by atoms with van der Waals surface area (Å²) in [6.45, 7) is 6.85. The van der Waals surface area contributed by atoms with Crippen molar-refractivity contribution in [3.8, 4) is 5.75 Å². The fourth-order valence-corrected chi connectivity index (χ4v) is 3.89. The van der Waals surface area contributed by atoms with Crippen LogP contribution in [0.1, 0.15) is 27.0 Å². The first-order valence-corrected chi connectivity index (χ1v) is 11.0. The summed E-state index contributed by atoms with van der Waals surface area (Å²) in [6.07, 6.45) is 0. The predicted molar refractivity (Wildman–Crippen MR) is 125 cm³/mol. The van der Waals surface area contributed by atoms with Crippen LogP contribution in [0.15, 0.2) is 72.8 Å². The Kier molecular flexibility index (Phi) is 6.90. The van der Waals surface area contributed by atoms with Gasteiger partial charge in [0.05, 0.1) is 0 Å². The number of halogens is 1. The lowest BCUT2D eigenvalue weighted by Crippen LogP contribution is -2.48. The number of aryl methyl sites for hydroxylation is 1. The van der Waals surface area contributed by atoms with E-state index in [1.807, 2.05) is 41.3 Å². The predicted octanol–water partition coefficient (Wildman–Crippen LogP) is 5.19. The number of ether oxygens (including phenoxy) is 1. The van der Waals surface area contributed by atoms with Crippen molar-refractivity contribution in [1.82, 2.24) is 9.80 Å². The van der Waals surface area contributed by atoms with Gasteiger partial charge in [0.2, 0.25) is 0 Å². The maximum atomic E-state index is 12.9. The lowest BCUT2D eigenvalue weighted by Gasteiger charge is -2.35. The number of hydrogen-bond acceptors (Lipinski definition) is 3. The molecule has 4 rings (SSSR count). The van der Waals surface area contributed by atoms with E-state index in [1.54, 1.807) is 12.1 Å². The fraction of sp³-hybridized carbons (Fsp3) is 0.269. The molecule has 3 aromatic rings. The Hall–Kier alpha value is -2.82. The van der Waals surface area contributed by atoms with Gasteiger partial charge in [-0.25, -0.2) is 0 Å². The second-order valence-electron chi connectivity index (χ2n) is 7.93. The van der Waals surface area contributed by atoms with Gasteiger partial charge in [-0.1, -0.05) is 48.0 Å². The molecule has 0 bridgehead atoms. The third-order valence-electron chi connectivity index (χ3n) is 5.73. The second-order valence-corrected chi connectivity index (χ2v) is 8.37. The lowest BCUT2D eigenvalue weighted by atomic mass is 10.1. The average molecular weight is 435 g/mol. The quantitative estimate of drug-likeness (QED) is 0.535. The summed E-state index contributed by atoms with van der Waals surface area (Å²) in [4.78, 5) is 17.3. The Morgan fingerprint density at radius 1 is 0.903 bits per heavy atom. The van der Waals surface area contributed by atoms with Crippen molar-refractivity contribution in [3.05, 3.63) is 100 Å². The van der Waals surface area contributed by atoms with Crippen molar-refractivity contribution >= 4 is 17.5 Å². The van der Waals surface area contributed by atoms with E-state index < -0.39 is 0 Å². The zero-order chi connectivity index (χ0) is 21.6. The molecule has 5 heteroatoms. The van der Waals surface area contributed by atoms with E-state index in [-0.39, 0.29) is 5.91 Å². The maximum absolute atomic E-state index is 12.9. The Balaban J connectivity index is 1.27. The van der Waals surface area contributed by atoms with E-state index in [9.17, 15) is 4.79 Å². The van der Waals surface area contributed by atoms with Crippen LogP contribution in [0.25, 0.3) is 0 Å². The first-order chi connectivity index (χ1) is 15.1. The first-order valence-electron chi connectivity index (χ1n) is 10.6. The second kappa shape index (κ2) is 9.99. The Morgan fingerprint density at radius 2 is 1.58 bits per heavy atom. The number of piperazine rings is 1. The molecule has 1 heterocycles. The van der Waals surface area contributed by atoms with Gasteiger partial charge in [0.1, 0.15) is 12.4 Å². The van der Waals surface area contributed by atoms with Crippen LogP contribution >= 0.6 is 11.6 Å². The van der Waals surface area contributed by atoms with Gasteiger partial charge in [0.15, 0.2) is 0 Å². The molecule has 0 atom stereocenters. The highest BCUT2D eigenvalue weighted by Crippen LogP contribution is 2.18. The number of carbonyl (C=O) groups excluding carboxylic acids is 1. The number of rotatable bonds is 6. The molecule has 0 aromatic heterocycles. The van der Waals surface area contributed by atoms with E-state index in [2.05, 4.69) is 36.1 Å². The van der Waals surface area contributed by atoms with Gasteiger partial charge in [0.25, 0.3) is 5.91 Å². The molecule has 1 aliphatic heterocycles. The van der Waals surface area contributed by atoms with Crippen LogP contribution in [-0.4, -0.2) is 41.9 Å². The molecule has 1 amide bonds. The number of amides is 1. The first kappa shape index (κ1) is 21.4. The van der Waals surface area contributed by atoms with Gasteiger partial charge in [0, 0.05) is 43.3 Å². The van der Waals surface area contributed by atoms with Gasteiger partial charge >= 0.3 is 0 Å². The van der Waals surface area contributed by atoms with Crippen LogP contribution in [0.4, 0.5) is 0 Å². The van der Waals surface area contributed by atoms with Crippen LogP contribution in [0.5, 0.6) is 5.75 Å². The van der Waals surface area contributed by atoms with Crippen molar-refractivity contribution in [3.63, 3.8) is 0 Å². The number of benzene rings is 3. The molecule has 0 saturated carbocycles. The molecule has 1 fully saturated rings. The van der Waals surface area contributed by atoms with E-state index in [0.717, 1.165) is 49.6 Å². The minimum atomic E-state index is 0.0979. The molecule has 1 aliphatic rings. The minimum absolute atomic E-state index is 0.0979. The number of hydrogen-bond donors (Lipinski definition) is 0. The van der Waals surface area contributed by atoms with Gasteiger partial charge < -0.3 is 9.64 Å². The van der Waals surface area contributed by atoms with Crippen LogP contribution in [0, 0.1) is 6.92 Å². The summed E-state index contributed by atoms with van der Waals surface area (Å²) in [7, 11) is 0. The highest BCUT2D eigenvalue weighted by atomic mass is 35.5. The monoisotopic (exact) mass is 434 g/mol. The zero-order valence-electron chi connectivity index (χ0n) is 17.8. The largest absolute Gasteiger partial charge is 0.489 e. The van der Waals surface area contributed by atoms with Crippen molar-refractivity contribution in [2.24, 2.45) is 0 Å². The summed E-state index contributed by atoms with van der Waals surface area (Å²) < 4.78 is 5.77. The van der Waals surface area contributed by atoms with Gasteiger partial charge in [-0.05, 0) is 60.0 Å². The molecule has 3 aromatic carbocycles. The summed E-state index contributed by atoms with van der Waals surface area (Å²) in [5.41, 5.74) is 4.43. The van der Waals surface area contributed by atoms with Gasteiger partial charge in [-0.3, -0.25) is 9.69 Å². The van der Waals surface area contributed by atoms with Crippen molar-refractivity contribution in [2.45, 2.75) is 20.1 Å². The van der Waals surface area contributed by atoms with E-state index >= 15 is 0 Å². The van der Waals surface area contributed by atoms with Crippen molar-refractivity contribution in [2.75, 3.05) is 26.2 Å². The van der Waals surface area contributed by atoms with Crippen LogP contribution in [0.3, 0.4) is 0 Å². The SMILES string of the molecule is Cc1ccccc1CN1CCN(C(=O)c2ccc(COc3ccc(Cl)cc3)cc2)CC1. The van der Waals surface area contributed by atoms with E-state index in [0.29, 0.717) is 11.6 Å². The molecule has 0 N–H and O–H groups in total. The Morgan fingerprint density at radius 3 is 2.26 bits per heavy atom. The standard InChI is InChI=1S/C26H27ClN2O2/c1-20-4-2-3-5-23(20)18-28-14-16-29(17-15-28)26(30)22-8-6-21(7-9-22)19-31-25-12-10-24(27)11-13-25/h2-13H,14-19H2,1H3. The van der Waals surface area contributed by atoms with Crippen LogP contribution in [-0.2, 0) is 13.2 Å². The molecule has 4 nitrogen and oxygen atoms in total. The molecular formula is C26H27ClN2O2. The summed E-state index contributed by atoms with van der Waals surface area (Å²) in [6, 6.07) is 23.5. The Bertz CT molecular complexity index is 1010. The molecule has 31 heavy (non-hydrogen) atoms. The number of nitrogens with zero attached hydrogens (tertiary/aromatic N) is 2. The zero-order valence-corrected chi connectivity index (χ0v) is 18.5. The van der Waals surface area contributed by atoms with E-state index in [1.165, 1.54) is 11.1 Å². The molecule has 0 unspecified atom stereocenters. The fourth-order valence-electron chi connectivity index (χ4n) is 3.76. The normalized spacial score (nSPS) is 14.5. The highest BCUT2D eigenvalue weighted by molar-refractivity contribution is 6.30. The summed E-state index contributed by atoms with van der Waals surface area (Å²) in [5, 5.41) is 0.686. The van der Waals surface area contributed by atoms with Crippen molar-refractivity contribution < 1.29 is 9.53 Å². The van der Waals surface area contributed by atoms with E-state index in [4.69, 9.17) is 16.3 Å². The molecular weight excluding hydrogens is 408 g/mol. The van der Waals surface area contributed by atoms with Crippen molar-refractivity contribution in [1.29, 1.82) is 0 Å². The summed E-state index contributed by atoms with van der Waals surface area (Å²) >= 11 is 5.90. The highest BCUT2D eigenvalue weighted by Gasteiger charge is 2.22. The summed E-state index contributed by atoms with van der Waals surface area (Å²) in [5.74, 6) is 0.869. The molecule has 160 valence electrons. The topological polar surface area (TPSA) is 32.8 Å². The lowest BCUT2D eigenvalue weighted by molar-refractivity contribution is 0.0628. The van der Waals surface area contributed by atoms with Crippen LogP contribution < -0.4 is 4.74 Å². The smallest absolute Gasteiger partial charge is 0.253 e. The van der Waals surface area contributed by atoms with Gasteiger partial charge in [-0.15, -0.1) is 0 Å². The van der Waals surface area contributed by atoms with Gasteiger partial charge in [-0.2, -0.15) is 0 Å². The third kappa shape index (κ3) is 5.66. The minimum Gasteiger partial charge on any atom is -0.489 e. The maximum Gasteiger partial charge on any atom is 0.253 e. The third-order valence-corrected chi connectivity index (χ3v) is 5.99. The molecule has 0 spiro atoms.